The van der Waals surface area contributed by atoms with E-state index < -0.39 is 24.6 Å². The zero-order chi connectivity index (χ0) is 21.5. The number of nitrogens with one attached hydrogen (secondary N) is 1. The number of hydrogen-bond donors (Lipinski definition) is 1. The number of amides is 1. The molecule has 0 spiro atoms. The van der Waals surface area contributed by atoms with E-state index in [2.05, 4.69) is 20.1 Å². The van der Waals surface area contributed by atoms with Gasteiger partial charge in [0.05, 0.1) is 17.8 Å². The standard InChI is InChI=1S/C20H18F2N4O4/c1-13(18(27)25-16-4-2-3-5-17(16)30-20(21)22)29-19(28)15-8-6-14(7-9-15)10-26-12-23-11-24-26/h2-9,11-13,20H,10H2,1H3,(H,25,27). The number of hydrogen-bond acceptors (Lipinski definition) is 6. The Kier molecular flexibility index (Phi) is 6.68. The summed E-state index contributed by atoms with van der Waals surface area (Å²) in [7, 11) is 0. The van der Waals surface area contributed by atoms with E-state index in [1.165, 1.54) is 31.5 Å². The van der Waals surface area contributed by atoms with E-state index in [9.17, 15) is 18.4 Å². The third-order valence-corrected chi connectivity index (χ3v) is 4.01. The molecule has 0 aliphatic heterocycles. The quantitative estimate of drug-likeness (QED) is 0.567. The van der Waals surface area contributed by atoms with Gasteiger partial charge in [-0.25, -0.2) is 14.5 Å². The highest BCUT2D eigenvalue weighted by molar-refractivity contribution is 5.98. The van der Waals surface area contributed by atoms with Crippen molar-refractivity contribution >= 4 is 17.6 Å². The number of anilines is 1. The summed E-state index contributed by atoms with van der Waals surface area (Å²) in [5, 5.41) is 6.42. The number of alkyl halides is 2. The van der Waals surface area contributed by atoms with Gasteiger partial charge in [0.1, 0.15) is 18.4 Å². The lowest BCUT2D eigenvalue weighted by molar-refractivity contribution is -0.123. The zero-order valence-corrected chi connectivity index (χ0v) is 15.9. The minimum absolute atomic E-state index is 0.0446. The molecule has 0 aliphatic carbocycles. The van der Waals surface area contributed by atoms with Crippen molar-refractivity contribution in [2.24, 2.45) is 0 Å². The molecule has 3 aromatic rings. The molecule has 156 valence electrons. The number of halogens is 2. The smallest absolute Gasteiger partial charge is 0.387 e. The number of aromatic nitrogens is 3. The highest BCUT2D eigenvalue weighted by atomic mass is 19.3. The molecule has 10 heteroatoms. The van der Waals surface area contributed by atoms with Crippen molar-refractivity contribution in [3.63, 3.8) is 0 Å². The fraction of sp³-hybridized carbons (Fsp3) is 0.200. The van der Waals surface area contributed by atoms with Gasteiger partial charge in [-0.05, 0) is 36.8 Å². The maximum absolute atomic E-state index is 12.5. The third kappa shape index (κ3) is 5.60. The molecule has 1 atom stereocenters. The van der Waals surface area contributed by atoms with Crippen LogP contribution in [0.1, 0.15) is 22.8 Å². The van der Waals surface area contributed by atoms with Crippen LogP contribution in [0.5, 0.6) is 5.75 Å². The van der Waals surface area contributed by atoms with Crippen LogP contribution in [0.4, 0.5) is 14.5 Å². The van der Waals surface area contributed by atoms with Crippen LogP contribution >= 0.6 is 0 Å². The second-order valence-corrected chi connectivity index (χ2v) is 6.20. The summed E-state index contributed by atoms with van der Waals surface area (Å²) in [4.78, 5) is 28.5. The van der Waals surface area contributed by atoms with Crippen molar-refractivity contribution in [1.82, 2.24) is 14.8 Å². The SMILES string of the molecule is CC(OC(=O)c1ccc(Cn2cncn2)cc1)C(=O)Nc1ccccc1OC(F)F. The third-order valence-electron chi connectivity index (χ3n) is 4.01. The molecular formula is C20H18F2N4O4. The van der Waals surface area contributed by atoms with Gasteiger partial charge in [0.2, 0.25) is 0 Å². The van der Waals surface area contributed by atoms with E-state index in [4.69, 9.17) is 4.74 Å². The van der Waals surface area contributed by atoms with Gasteiger partial charge in [-0.15, -0.1) is 0 Å². The molecule has 30 heavy (non-hydrogen) atoms. The second kappa shape index (κ2) is 9.59. The van der Waals surface area contributed by atoms with Crippen molar-refractivity contribution in [3.8, 4) is 5.75 Å². The van der Waals surface area contributed by atoms with Crippen LogP contribution in [0.25, 0.3) is 0 Å². The van der Waals surface area contributed by atoms with Crippen LogP contribution in [0.15, 0.2) is 61.2 Å². The van der Waals surface area contributed by atoms with E-state index in [0.29, 0.717) is 6.54 Å². The lowest BCUT2D eigenvalue weighted by atomic mass is 10.1. The summed E-state index contributed by atoms with van der Waals surface area (Å²) in [6.45, 7) is -1.16. The fourth-order valence-corrected chi connectivity index (χ4v) is 2.53. The first-order chi connectivity index (χ1) is 14.4. The Hall–Kier alpha value is -3.82. The monoisotopic (exact) mass is 416 g/mol. The first-order valence-corrected chi connectivity index (χ1v) is 8.89. The van der Waals surface area contributed by atoms with Gasteiger partial charge >= 0.3 is 12.6 Å². The number of benzene rings is 2. The van der Waals surface area contributed by atoms with Gasteiger partial charge in [0.25, 0.3) is 5.91 Å². The Morgan fingerprint density at radius 3 is 2.53 bits per heavy atom. The van der Waals surface area contributed by atoms with Crippen LogP contribution in [0.2, 0.25) is 0 Å². The molecule has 8 nitrogen and oxygen atoms in total. The molecule has 0 saturated heterocycles. The van der Waals surface area contributed by atoms with Crippen LogP contribution in [0.3, 0.4) is 0 Å². The van der Waals surface area contributed by atoms with Gasteiger partial charge in [-0.1, -0.05) is 24.3 Å². The number of para-hydroxylation sites is 2. The van der Waals surface area contributed by atoms with Crippen LogP contribution in [-0.2, 0) is 16.1 Å². The Labute approximate surface area is 170 Å². The molecular weight excluding hydrogens is 398 g/mol. The van der Waals surface area contributed by atoms with E-state index in [0.717, 1.165) is 5.56 Å². The number of carbonyl (C=O) groups is 2. The highest BCUT2D eigenvalue weighted by Gasteiger charge is 2.21. The molecule has 3 rings (SSSR count). The highest BCUT2D eigenvalue weighted by Crippen LogP contribution is 2.25. The molecule has 1 unspecified atom stereocenters. The van der Waals surface area contributed by atoms with Gasteiger partial charge < -0.3 is 14.8 Å². The normalized spacial score (nSPS) is 11.7. The molecule has 1 aromatic heterocycles. The van der Waals surface area contributed by atoms with Gasteiger partial charge in [0, 0.05) is 0 Å². The lowest BCUT2D eigenvalue weighted by Crippen LogP contribution is -2.30. The maximum atomic E-state index is 12.5. The average Bonchev–Trinajstić information content (AvgIpc) is 3.22. The van der Waals surface area contributed by atoms with Gasteiger partial charge in [-0.3, -0.25) is 4.79 Å². The Morgan fingerprint density at radius 2 is 1.87 bits per heavy atom. The largest absolute Gasteiger partial charge is 0.449 e. The van der Waals surface area contributed by atoms with E-state index >= 15 is 0 Å². The molecule has 1 heterocycles. The first kappa shape index (κ1) is 20.9. The molecule has 0 saturated carbocycles. The summed E-state index contributed by atoms with van der Waals surface area (Å²) in [6, 6.07) is 12.4. The van der Waals surface area contributed by atoms with Gasteiger partial charge in [0.15, 0.2) is 6.10 Å². The predicted octanol–water partition coefficient (Wildman–Crippen LogP) is 3.11. The summed E-state index contributed by atoms with van der Waals surface area (Å²) >= 11 is 0. The summed E-state index contributed by atoms with van der Waals surface area (Å²) in [5.41, 5.74) is 1.21. The average molecular weight is 416 g/mol. The number of carbonyl (C=O) groups excluding carboxylic acids is 2. The molecule has 1 amide bonds. The number of ether oxygens (including phenoxy) is 2. The summed E-state index contributed by atoms with van der Waals surface area (Å²) in [6.07, 6.45) is 1.84. The molecule has 0 radical (unpaired) electrons. The minimum Gasteiger partial charge on any atom is -0.449 e. The van der Waals surface area contributed by atoms with Crippen molar-refractivity contribution in [1.29, 1.82) is 0 Å². The second-order valence-electron chi connectivity index (χ2n) is 6.20. The summed E-state index contributed by atoms with van der Waals surface area (Å²) in [5.74, 6) is -1.57. The summed E-state index contributed by atoms with van der Waals surface area (Å²) < 4.78 is 36.1. The van der Waals surface area contributed by atoms with E-state index in [1.54, 1.807) is 41.3 Å². The van der Waals surface area contributed by atoms with Crippen LogP contribution in [-0.4, -0.2) is 39.4 Å². The van der Waals surface area contributed by atoms with Crippen LogP contribution < -0.4 is 10.1 Å². The number of rotatable bonds is 8. The molecule has 2 aromatic carbocycles. The van der Waals surface area contributed by atoms with Gasteiger partial charge in [-0.2, -0.15) is 13.9 Å². The Bertz CT molecular complexity index is 994. The Morgan fingerprint density at radius 1 is 1.13 bits per heavy atom. The molecule has 0 aliphatic rings. The minimum atomic E-state index is -3.04. The molecule has 0 bridgehead atoms. The molecule has 1 N–H and O–H groups in total. The van der Waals surface area contributed by atoms with Crippen molar-refractivity contribution in [3.05, 3.63) is 72.3 Å². The van der Waals surface area contributed by atoms with E-state index in [1.807, 2.05) is 0 Å². The van der Waals surface area contributed by atoms with Crippen LogP contribution in [0, 0.1) is 0 Å². The topological polar surface area (TPSA) is 95.3 Å². The molecule has 0 fully saturated rings. The fourth-order valence-electron chi connectivity index (χ4n) is 2.53. The van der Waals surface area contributed by atoms with Crippen molar-refractivity contribution in [2.75, 3.05) is 5.32 Å². The number of nitrogens with zero attached hydrogens (tertiary/aromatic N) is 3. The van der Waals surface area contributed by atoms with Crippen molar-refractivity contribution < 1.29 is 27.8 Å². The maximum Gasteiger partial charge on any atom is 0.387 e. The van der Waals surface area contributed by atoms with Crippen molar-refractivity contribution in [2.45, 2.75) is 26.2 Å². The first-order valence-electron chi connectivity index (χ1n) is 8.89. The Balaban J connectivity index is 1.58. The lowest BCUT2D eigenvalue weighted by Gasteiger charge is -2.16. The zero-order valence-electron chi connectivity index (χ0n) is 15.9. The van der Waals surface area contributed by atoms with E-state index in [-0.39, 0.29) is 17.0 Å². The number of esters is 1. The predicted molar refractivity (Wildman–Crippen MR) is 102 cm³/mol.